The van der Waals surface area contributed by atoms with Crippen LogP contribution in [0.3, 0.4) is 0 Å². The Labute approximate surface area is 147 Å². The van der Waals surface area contributed by atoms with Gasteiger partial charge in [-0.15, -0.1) is 0 Å². The minimum absolute atomic E-state index is 0.103. The summed E-state index contributed by atoms with van der Waals surface area (Å²) in [7, 11) is 0. The summed E-state index contributed by atoms with van der Waals surface area (Å²) in [6, 6.07) is 11.3. The molecule has 1 N–H and O–H groups in total. The summed E-state index contributed by atoms with van der Waals surface area (Å²) < 4.78 is 11.4. The Balaban J connectivity index is 2.11. The van der Waals surface area contributed by atoms with Gasteiger partial charge in [0.2, 0.25) is 0 Å². The Morgan fingerprint density at radius 3 is 2.48 bits per heavy atom. The highest BCUT2D eigenvalue weighted by molar-refractivity contribution is 6.36. The van der Waals surface area contributed by atoms with Crippen molar-refractivity contribution >= 4 is 28.9 Å². The van der Waals surface area contributed by atoms with Crippen molar-refractivity contribution in [3.63, 3.8) is 0 Å². The Morgan fingerprint density at radius 2 is 1.83 bits per heavy atom. The number of anilines is 1. The highest BCUT2D eigenvalue weighted by Crippen LogP contribution is 2.30. The van der Waals surface area contributed by atoms with Gasteiger partial charge < -0.3 is 14.8 Å². The molecule has 0 heterocycles. The van der Waals surface area contributed by atoms with Gasteiger partial charge in [0, 0.05) is 11.6 Å². The standard InChI is InChI=1S/C18H21Cl2NO2/c1-4-22-18-9-13(5-8-17(18)23-12(2)3)11-21-16-7-6-14(19)10-15(16)20/h5-10,12,21H,4,11H2,1-3H3. The molecular formula is C18H21Cl2NO2. The summed E-state index contributed by atoms with van der Waals surface area (Å²) in [6.45, 7) is 7.16. The van der Waals surface area contributed by atoms with E-state index in [4.69, 9.17) is 32.7 Å². The molecule has 3 nitrogen and oxygen atoms in total. The summed E-state index contributed by atoms with van der Waals surface area (Å²) in [4.78, 5) is 0. The van der Waals surface area contributed by atoms with Gasteiger partial charge in [0.25, 0.3) is 0 Å². The number of hydrogen-bond acceptors (Lipinski definition) is 3. The van der Waals surface area contributed by atoms with E-state index in [0.29, 0.717) is 23.2 Å². The van der Waals surface area contributed by atoms with E-state index in [1.165, 1.54) is 0 Å². The molecule has 0 unspecified atom stereocenters. The molecule has 0 aliphatic rings. The second-order valence-corrected chi connectivity index (χ2v) is 6.20. The number of benzene rings is 2. The maximum absolute atomic E-state index is 6.17. The molecule has 0 atom stereocenters. The number of halogens is 2. The number of ether oxygens (including phenoxy) is 2. The molecule has 2 aromatic carbocycles. The first kappa shape index (κ1) is 17.8. The third-order valence-electron chi connectivity index (χ3n) is 3.08. The third kappa shape index (κ3) is 5.22. The van der Waals surface area contributed by atoms with Crippen LogP contribution in [-0.2, 0) is 6.54 Å². The van der Waals surface area contributed by atoms with Crippen molar-refractivity contribution in [1.29, 1.82) is 0 Å². The number of hydrogen-bond donors (Lipinski definition) is 1. The molecule has 23 heavy (non-hydrogen) atoms. The summed E-state index contributed by atoms with van der Waals surface area (Å²) in [5.41, 5.74) is 1.92. The van der Waals surface area contributed by atoms with E-state index in [1.54, 1.807) is 12.1 Å². The highest BCUT2D eigenvalue weighted by Gasteiger charge is 2.09. The van der Waals surface area contributed by atoms with Gasteiger partial charge in [-0.2, -0.15) is 0 Å². The zero-order valence-corrected chi connectivity index (χ0v) is 15.0. The van der Waals surface area contributed by atoms with Crippen molar-refractivity contribution in [1.82, 2.24) is 0 Å². The SMILES string of the molecule is CCOc1cc(CNc2ccc(Cl)cc2Cl)ccc1OC(C)C. The van der Waals surface area contributed by atoms with Gasteiger partial charge in [-0.25, -0.2) is 0 Å². The first-order valence-corrected chi connectivity index (χ1v) is 8.36. The molecule has 0 amide bonds. The van der Waals surface area contributed by atoms with Crippen molar-refractivity contribution in [3.8, 4) is 11.5 Å². The molecule has 124 valence electrons. The maximum Gasteiger partial charge on any atom is 0.161 e. The van der Waals surface area contributed by atoms with Gasteiger partial charge in [-0.05, 0) is 56.7 Å². The second-order valence-electron chi connectivity index (χ2n) is 5.36. The Bertz CT molecular complexity index is 659. The number of nitrogens with one attached hydrogen (secondary N) is 1. The van der Waals surface area contributed by atoms with Crippen LogP contribution in [-0.4, -0.2) is 12.7 Å². The molecule has 0 aromatic heterocycles. The van der Waals surface area contributed by atoms with E-state index in [2.05, 4.69) is 5.32 Å². The summed E-state index contributed by atoms with van der Waals surface area (Å²) in [5, 5.41) is 4.52. The topological polar surface area (TPSA) is 30.5 Å². The molecule has 0 aliphatic carbocycles. The molecule has 0 saturated carbocycles. The predicted molar refractivity (Wildman–Crippen MR) is 97.2 cm³/mol. The van der Waals surface area contributed by atoms with Crippen molar-refractivity contribution in [3.05, 3.63) is 52.0 Å². The molecule has 2 aromatic rings. The van der Waals surface area contributed by atoms with E-state index < -0.39 is 0 Å². The van der Waals surface area contributed by atoms with Gasteiger partial charge >= 0.3 is 0 Å². The minimum Gasteiger partial charge on any atom is -0.490 e. The van der Waals surface area contributed by atoms with Crippen LogP contribution in [0.15, 0.2) is 36.4 Å². The highest BCUT2D eigenvalue weighted by atomic mass is 35.5. The molecule has 0 bridgehead atoms. The zero-order chi connectivity index (χ0) is 16.8. The van der Waals surface area contributed by atoms with E-state index in [1.807, 2.05) is 45.0 Å². The molecule has 0 radical (unpaired) electrons. The molecule has 0 aliphatic heterocycles. The zero-order valence-electron chi connectivity index (χ0n) is 13.5. The summed E-state index contributed by atoms with van der Waals surface area (Å²) in [6.07, 6.45) is 0.103. The van der Waals surface area contributed by atoms with E-state index in [0.717, 1.165) is 22.7 Å². The van der Waals surface area contributed by atoms with Crippen LogP contribution in [0.1, 0.15) is 26.3 Å². The van der Waals surface area contributed by atoms with Crippen LogP contribution >= 0.6 is 23.2 Å². The summed E-state index contributed by atoms with van der Waals surface area (Å²) >= 11 is 12.1. The average molecular weight is 354 g/mol. The van der Waals surface area contributed by atoms with Crippen LogP contribution < -0.4 is 14.8 Å². The largest absolute Gasteiger partial charge is 0.490 e. The van der Waals surface area contributed by atoms with Gasteiger partial charge in [0.15, 0.2) is 11.5 Å². The first-order chi connectivity index (χ1) is 11.0. The number of rotatable bonds is 7. The lowest BCUT2D eigenvalue weighted by molar-refractivity contribution is 0.223. The maximum atomic E-state index is 6.17. The van der Waals surface area contributed by atoms with Gasteiger partial charge in [0.1, 0.15) is 0 Å². The molecule has 0 fully saturated rings. The lowest BCUT2D eigenvalue weighted by Gasteiger charge is -2.16. The third-order valence-corrected chi connectivity index (χ3v) is 3.63. The Morgan fingerprint density at radius 1 is 1.04 bits per heavy atom. The monoisotopic (exact) mass is 353 g/mol. The molecular weight excluding hydrogens is 333 g/mol. The van der Waals surface area contributed by atoms with E-state index >= 15 is 0 Å². The summed E-state index contributed by atoms with van der Waals surface area (Å²) in [5.74, 6) is 1.51. The first-order valence-electron chi connectivity index (χ1n) is 7.61. The van der Waals surface area contributed by atoms with Crippen LogP contribution in [0.5, 0.6) is 11.5 Å². The van der Waals surface area contributed by atoms with Crippen LogP contribution in [0.2, 0.25) is 10.0 Å². The van der Waals surface area contributed by atoms with E-state index in [-0.39, 0.29) is 6.10 Å². The van der Waals surface area contributed by atoms with Crippen molar-refractivity contribution in [2.75, 3.05) is 11.9 Å². The molecule has 0 saturated heterocycles. The average Bonchev–Trinajstić information content (AvgIpc) is 2.48. The molecule has 2 rings (SSSR count). The van der Waals surface area contributed by atoms with Crippen LogP contribution in [0.4, 0.5) is 5.69 Å². The second kappa shape index (κ2) is 8.32. The fraction of sp³-hybridized carbons (Fsp3) is 0.333. The normalized spacial score (nSPS) is 10.7. The fourth-order valence-electron chi connectivity index (χ4n) is 2.11. The Kier molecular flexibility index (Phi) is 6.43. The smallest absolute Gasteiger partial charge is 0.161 e. The fourth-order valence-corrected chi connectivity index (χ4v) is 2.59. The molecule has 0 spiro atoms. The predicted octanol–water partition coefficient (Wildman–Crippen LogP) is 5.79. The van der Waals surface area contributed by atoms with Crippen molar-refractivity contribution in [2.24, 2.45) is 0 Å². The Hall–Kier alpha value is -1.58. The van der Waals surface area contributed by atoms with Crippen molar-refractivity contribution in [2.45, 2.75) is 33.4 Å². The van der Waals surface area contributed by atoms with Gasteiger partial charge in [-0.1, -0.05) is 29.3 Å². The lowest BCUT2D eigenvalue weighted by atomic mass is 10.2. The quantitative estimate of drug-likeness (QED) is 0.682. The van der Waals surface area contributed by atoms with E-state index in [9.17, 15) is 0 Å². The van der Waals surface area contributed by atoms with Gasteiger partial charge in [-0.3, -0.25) is 0 Å². The molecule has 5 heteroatoms. The van der Waals surface area contributed by atoms with Gasteiger partial charge in [0.05, 0.1) is 23.4 Å². The van der Waals surface area contributed by atoms with Crippen molar-refractivity contribution < 1.29 is 9.47 Å². The van der Waals surface area contributed by atoms with Crippen LogP contribution in [0, 0.1) is 0 Å². The minimum atomic E-state index is 0.103. The van der Waals surface area contributed by atoms with Crippen LogP contribution in [0.25, 0.3) is 0 Å². The lowest BCUT2D eigenvalue weighted by Crippen LogP contribution is -2.08.